The van der Waals surface area contributed by atoms with Crippen molar-refractivity contribution in [3.05, 3.63) is 28.5 Å². The zero-order valence-electron chi connectivity index (χ0n) is 11.4. The van der Waals surface area contributed by atoms with E-state index >= 15 is 0 Å². The van der Waals surface area contributed by atoms with Crippen LogP contribution in [0.25, 0.3) is 0 Å². The van der Waals surface area contributed by atoms with Crippen molar-refractivity contribution in [2.75, 3.05) is 12.0 Å². The first-order chi connectivity index (χ1) is 8.92. The Hall–Kier alpha value is -0.940. The van der Waals surface area contributed by atoms with Crippen molar-refractivity contribution in [3.8, 4) is 0 Å². The van der Waals surface area contributed by atoms with E-state index in [4.69, 9.17) is 11.6 Å². The Kier molecular flexibility index (Phi) is 6.45. The second kappa shape index (κ2) is 7.60. The Labute approximate surface area is 121 Å². The highest BCUT2D eigenvalue weighted by molar-refractivity contribution is 7.84. The molecule has 0 aromatic carbocycles. The van der Waals surface area contributed by atoms with E-state index in [2.05, 4.69) is 10.3 Å². The summed E-state index contributed by atoms with van der Waals surface area (Å²) in [6.07, 6.45) is 3.35. The maximum absolute atomic E-state index is 12.0. The van der Waals surface area contributed by atoms with Gasteiger partial charge in [-0.15, -0.1) is 0 Å². The second-order valence-corrected chi connectivity index (χ2v) is 6.40. The van der Waals surface area contributed by atoms with Gasteiger partial charge in [-0.2, -0.15) is 0 Å². The molecule has 6 heteroatoms. The Morgan fingerprint density at radius 3 is 2.79 bits per heavy atom. The summed E-state index contributed by atoms with van der Waals surface area (Å²) in [4.78, 5) is 16.2. The van der Waals surface area contributed by atoms with Gasteiger partial charge in [0.15, 0.2) is 0 Å². The average Bonchev–Trinajstić information content (AvgIpc) is 2.27. The number of amides is 1. The van der Waals surface area contributed by atoms with Crippen LogP contribution in [0.2, 0.25) is 5.15 Å². The van der Waals surface area contributed by atoms with Crippen molar-refractivity contribution in [1.82, 2.24) is 10.3 Å². The SMILES string of the molecule is CCCc1cc(C(=O)NC(C)CS(C)=O)cc(Cl)n1. The molecule has 0 fully saturated rings. The summed E-state index contributed by atoms with van der Waals surface area (Å²) in [5, 5.41) is 3.13. The molecule has 0 aliphatic carbocycles. The number of hydrogen-bond donors (Lipinski definition) is 1. The van der Waals surface area contributed by atoms with Gasteiger partial charge in [0, 0.05) is 40.1 Å². The highest BCUT2D eigenvalue weighted by Gasteiger charge is 2.13. The summed E-state index contributed by atoms with van der Waals surface area (Å²) in [6, 6.07) is 3.16. The summed E-state index contributed by atoms with van der Waals surface area (Å²) >= 11 is 5.91. The van der Waals surface area contributed by atoms with Crippen molar-refractivity contribution >= 4 is 28.3 Å². The first-order valence-corrected chi connectivity index (χ1v) is 8.30. The number of pyridine rings is 1. The minimum atomic E-state index is -0.933. The molecule has 1 rings (SSSR count). The minimum Gasteiger partial charge on any atom is -0.349 e. The van der Waals surface area contributed by atoms with Crippen LogP contribution in [0.5, 0.6) is 0 Å². The summed E-state index contributed by atoms with van der Waals surface area (Å²) in [7, 11) is -0.933. The van der Waals surface area contributed by atoms with Gasteiger partial charge in [0.2, 0.25) is 0 Å². The van der Waals surface area contributed by atoms with Gasteiger partial charge in [-0.1, -0.05) is 24.9 Å². The van der Waals surface area contributed by atoms with E-state index in [-0.39, 0.29) is 11.9 Å². The van der Waals surface area contributed by atoms with Crippen LogP contribution in [0.15, 0.2) is 12.1 Å². The number of hydrogen-bond acceptors (Lipinski definition) is 3. The van der Waals surface area contributed by atoms with Gasteiger partial charge in [0.25, 0.3) is 5.91 Å². The lowest BCUT2D eigenvalue weighted by molar-refractivity contribution is 0.0943. The van der Waals surface area contributed by atoms with E-state index in [1.54, 1.807) is 18.4 Å². The molecular formula is C13H19ClN2O2S. The second-order valence-electron chi connectivity index (χ2n) is 4.53. The number of aromatic nitrogens is 1. The predicted octanol–water partition coefficient (Wildman–Crippen LogP) is 2.18. The Bertz CT molecular complexity index is 480. The first-order valence-electron chi connectivity index (χ1n) is 6.19. The molecular weight excluding hydrogens is 284 g/mol. The molecule has 1 aromatic rings. The lowest BCUT2D eigenvalue weighted by Crippen LogP contribution is -2.36. The van der Waals surface area contributed by atoms with Gasteiger partial charge in [-0.3, -0.25) is 9.00 Å². The lowest BCUT2D eigenvalue weighted by Gasteiger charge is -2.13. The number of rotatable bonds is 6. The first kappa shape index (κ1) is 16.1. The van der Waals surface area contributed by atoms with Crippen LogP contribution in [-0.4, -0.2) is 33.2 Å². The summed E-state index contributed by atoms with van der Waals surface area (Å²) in [5.74, 6) is 0.228. The van der Waals surface area contributed by atoms with Gasteiger partial charge in [0.1, 0.15) is 5.15 Å². The molecule has 2 unspecified atom stereocenters. The standard InChI is InChI=1S/C13H19ClN2O2S/c1-4-5-11-6-10(7-12(14)16-11)13(17)15-9(2)8-19(3)18/h6-7,9H,4-5,8H2,1-3H3,(H,15,17). The molecule has 0 aliphatic rings. The third-order valence-electron chi connectivity index (χ3n) is 2.48. The van der Waals surface area contributed by atoms with Crippen molar-refractivity contribution in [2.24, 2.45) is 0 Å². The Morgan fingerprint density at radius 2 is 2.21 bits per heavy atom. The molecule has 106 valence electrons. The minimum absolute atomic E-state index is 0.139. The number of nitrogens with one attached hydrogen (secondary N) is 1. The smallest absolute Gasteiger partial charge is 0.251 e. The van der Waals surface area contributed by atoms with Crippen LogP contribution in [0.1, 0.15) is 36.3 Å². The van der Waals surface area contributed by atoms with Crippen molar-refractivity contribution in [2.45, 2.75) is 32.7 Å². The van der Waals surface area contributed by atoms with E-state index < -0.39 is 10.8 Å². The third-order valence-corrected chi connectivity index (χ3v) is 3.64. The van der Waals surface area contributed by atoms with Gasteiger partial charge >= 0.3 is 0 Å². The quantitative estimate of drug-likeness (QED) is 0.820. The van der Waals surface area contributed by atoms with E-state index in [1.807, 2.05) is 13.8 Å². The molecule has 4 nitrogen and oxygen atoms in total. The van der Waals surface area contributed by atoms with Crippen molar-refractivity contribution in [3.63, 3.8) is 0 Å². The predicted molar refractivity (Wildman–Crippen MR) is 79.1 cm³/mol. The van der Waals surface area contributed by atoms with Crippen molar-refractivity contribution in [1.29, 1.82) is 0 Å². The van der Waals surface area contributed by atoms with Gasteiger partial charge < -0.3 is 5.32 Å². The summed E-state index contributed by atoms with van der Waals surface area (Å²) < 4.78 is 11.1. The molecule has 1 aromatic heterocycles. The number of aryl methyl sites for hydroxylation is 1. The monoisotopic (exact) mass is 302 g/mol. The largest absolute Gasteiger partial charge is 0.349 e. The molecule has 19 heavy (non-hydrogen) atoms. The molecule has 0 saturated carbocycles. The van der Waals surface area contributed by atoms with Crippen LogP contribution >= 0.6 is 11.6 Å². The summed E-state index contributed by atoms with van der Waals surface area (Å²) in [5.41, 5.74) is 1.31. The van der Waals surface area contributed by atoms with Gasteiger partial charge in [0.05, 0.1) is 0 Å². The number of nitrogens with zero attached hydrogens (tertiary/aromatic N) is 1. The molecule has 0 spiro atoms. The molecule has 0 aliphatic heterocycles. The number of halogens is 1. The number of carbonyl (C=O) groups excluding carboxylic acids is 1. The molecule has 1 heterocycles. The maximum atomic E-state index is 12.0. The molecule has 2 atom stereocenters. The van der Waals surface area contributed by atoms with E-state index in [1.165, 1.54) is 0 Å². The fourth-order valence-corrected chi connectivity index (χ4v) is 2.78. The normalized spacial score (nSPS) is 13.9. The van der Waals surface area contributed by atoms with Crippen LogP contribution in [-0.2, 0) is 17.2 Å². The fraction of sp³-hybridized carbons (Fsp3) is 0.538. The topological polar surface area (TPSA) is 59.1 Å². The lowest BCUT2D eigenvalue weighted by atomic mass is 10.1. The number of carbonyl (C=O) groups is 1. The van der Waals surface area contributed by atoms with Crippen LogP contribution < -0.4 is 5.32 Å². The zero-order chi connectivity index (χ0) is 14.4. The van der Waals surface area contributed by atoms with Crippen LogP contribution in [0.4, 0.5) is 0 Å². The van der Waals surface area contributed by atoms with E-state index in [9.17, 15) is 9.00 Å². The fourth-order valence-electron chi connectivity index (χ4n) is 1.77. The van der Waals surface area contributed by atoms with E-state index in [0.29, 0.717) is 16.5 Å². The van der Waals surface area contributed by atoms with Gasteiger partial charge in [-0.25, -0.2) is 4.98 Å². The molecule has 1 N–H and O–H groups in total. The Morgan fingerprint density at radius 1 is 1.53 bits per heavy atom. The van der Waals surface area contributed by atoms with Crippen LogP contribution in [0.3, 0.4) is 0 Å². The van der Waals surface area contributed by atoms with E-state index in [0.717, 1.165) is 18.5 Å². The molecule has 1 amide bonds. The van der Waals surface area contributed by atoms with Crippen LogP contribution in [0, 0.1) is 0 Å². The summed E-state index contributed by atoms with van der Waals surface area (Å²) in [6.45, 7) is 3.87. The zero-order valence-corrected chi connectivity index (χ0v) is 13.0. The third kappa shape index (κ3) is 5.70. The molecule has 0 radical (unpaired) electrons. The highest BCUT2D eigenvalue weighted by atomic mass is 35.5. The average molecular weight is 303 g/mol. The Balaban J connectivity index is 2.78. The van der Waals surface area contributed by atoms with Gasteiger partial charge in [-0.05, 0) is 25.5 Å². The van der Waals surface area contributed by atoms with Crippen molar-refractivity contribution < 1.29 is 9.00 Å². The highest BCUT2D eigenvalue weighted by Crippen LogP contribution is 2.12. The maximum Gasteiger partial charge on any atom is 0.251 e. The molecule has 0 saturated heterocycles. The molecule has 0 bridgehead atoms.